The average molecular weight is 435 g/mol. The largest absolute Gasteiger partial charge is 0.437 e. The Hall–Kier alpha value is -3.46. The molecule has 1 fully saturated rings. The highest BCUT2D eigenvalue weighted by molar-refractivity contribution is 6.08. The van der Waals surface area contributed by atoms with Gasteiger partial charge < -0.3 is 4.42 Å². The summed E-state index contributed by atoms with van der Waals surface area (Å²) in [6, 6.07) is 17.4. The van der Waals surface area contributed by atoms with E-state index in [-0.39, 0.29) is 0 Å². The molecular weight excluding hydrogens is 404 g/mol. The maximum atomic E-state index is 6.24. The van der Waals surface area contributed by atoms with Gasteiger partial charge in [-0.3, -0.25) is 4.99 Å². The Morgan fingerprint density at radius 3 is 2.73 bits per heavy atom. The smallest absolute Gasteiger partial charge is 0.227 e. The van der Waals surface area contributed by atoms with Crippen LogP contribution in [0.1, 0.15) is 60.8 Å². The molecule has 2 aromatic carbocycles. The van der Waals surface area contributed by atoms with Crippen LogP contribution in [0.25, 0.3) is 33.2 Å². The molecule has 166 valence electrons. The van der Waals surface area contributed by atoms with Crippen LogP contribution >= 0.6 is 0 Å². The summed E-state index contributed by atoms with van der Waals surface area (Å²) in [5.41, 5.74) is 8.93. The molecule has 0 radical (unpaired) electrons. The normalized spacial score (nSPS) is 16.0. The first-order valence-electron chi connectivity index (χ1n) is 11.8. The molecule has 1 saturated carbocycles. The number of hydrogen-bond donors (Lipinski definition) is 0. The first-order valence-corrected chi connectivity index (χ1v) is 11.8. The molecule has 1 aliphatic carbocycles. The van der Waals surface area contributed by atoms with Gasteiger partial charge in [-0.05, 0) is 78.7 Å². The van der Waals surface area contributed by atoms with Gasteiger partial charge in [-0.15, -0.1) is 0 Å². The van der Waals surface area contributed by atoms with Gasteiger partial charge in [0, 0.05) is 35.8 Å². The summed E-state index contributed by atoms with van der Waals surface area (Å²) in [5.74, 6) is 0.690. The predicted molar refractivity (Wildman–Crippen MR) is 140 cm³/mol. The van der Waals surface area contributed by atoms with Crippen molar-refractivity contribution in [2.24, 2.45) is 4.99 Å². The molecule has 3 heteroatoms. The minimum Gasteiger partial charge on any atom is -0.437 e. The van der Waals surface area contributed by atoms with E-state index in [4.69, 9.17) is 4.42 Å². The van der Waals surface area contributed by atoms with Crippen LogP contribution < -0.4 is 0 Å². The van der Waals surface area contributed by atoms with E-state index < -0.39 is 0 Å². The van der Waals surface area contributed by atoms with Gasteiger partial charge in [-0.2, -0.15) is 0 Å². The van der Waals surface area contributed by atoms with Crippen LogP contribution in [0.2, 0.25) is 0 Å². The lowest BCUT2D eigenvalue weighted by molar-refractivity contribution is 0.652. The molecule has 0 unspecified atom stereocenters. The summed E-state index contributed by atoms with van der Waals surface area (Å²) in [6.07, 6.45) is 13.3. The lowest BCUT2D eigenvalue weighted by atomic mass is 9.92. The Balaban J connectivity index is 1.62. The second kappa shape index (κ2) is 9.19. The Bertz CT molecular complexity index is 1400. The Labute approximate surface area is 195 Å². The van der Waals surface area contributed by atoms with Gasteiger partial charge in [0.1, 0.15) is 5.58 Å². The number of allylic oxidation sites excluding steroid dienone is 4. The van der Waals surface area contributed by atoms with E-state index in [9.17, 15) is 0 Å². The van der Waals surface area contributed by atoms with Crippen molar-refractivity contribution < 1.29 is 4.42 Å². The van der Waals surface area contributed by atoms with Crippen molar-refractivity contribution in [1.29, 1.82) is 0 Å². The molecule has 0 aliphatic heterocycles. The fourth-order valence-electron chi connectivity index (χ4n) is 5.18. The van der Waals surface area contributed by atoms with Gasteiger partial charge in [0.2, 0.25) is 5.71 Å². The highest BCUT2D eigenvalue weighted by Gasteiger charge is 2.18. The van der Waals surface area contributed by atoms with Gasteiger partial charge in [0.15, 0.2) is 0 Å². The number of fused-ring (bicyclic) bond motifs is 3. The molecule has 4 aromatic rings. The number of nitrogens with zero attached hydrogens (tertiary/aromatic N) is 2. The van der Waals surface area contributed by atoms with Crippen molar-refractivity contribution >= 4 is 39.4 Å². The van der Waals surface area contributed by atoms with Crippen LogP contribution in [0, 0.1) is 6.92 Å². The fraction of sp³-hybridized carbons (Fsp3) is 0.267. The van der Waals surface area contributed by atoms with E-state index in [0.717, 1.165) is 27.5 Å². The lowest BCUT2D eigenvalue weighted by Crippen LogP contribution is -1.94. The van der Waals surface area contributed by atoms with E-state index in [2.05, 4.69) is 78.4 Å². The van der Waals surface area contributed by atoms with Crippen LogP contribution in [-0.2, 0) is 0 Å². The van der Waals surface area contributed by atoms with Gasteiger partial charge in [0.25, 0.3) is 0 Å². The molecule has 0 bridgehead atoms. The number of aryl methyl sites for hydroxylation is 1. The molecule has 0 saturated heterocycles. The zero-order valence-corrected chi connectivity index (χ0v) is 19.6. The highest BCUT2D eigenvalue weighted by Crippen LogP contribution is 2.37. The van der Waals surface area contributed by atoms with Crippen LogP contribution in [0.15, 0.2) is 76.3 Å². The zero-order chi connectivity index (χ0) is 22.8. The summed E-state index contributed by atoms with van der Waals surface area (Å²) in [7, 11) is 1.81. The summed E-state index contributed by atoms with van der Waals surface area (Å²) in [4.78, 5) is 8.65. The minimum atomic E-state index is 0.685. The van der Waals surface area contributed by atoms with Gasteiger partial charge in [-0.25, -0.2) is 4.98 Å². The maximum absolute atomic E-state index is 6.24. The Morgan fingerprint density at radius 1 is 1.06 bits per heavy atom. The molecular formula is C30H30N2O. The summed E-state index contributed by atoms with van der Waals surface area (Å²) in [6.45, 7) is 4.31. The third-order valence-electron chi connectivity index (χ3n) is 6.84. The number of benzene rings is 2. The first kappa shape index (κ1) is 21.4. The van der Waals surface area contributed by atoms with Gasteiger partial charge in [0.05, 0.1) is 0 Å². The van der Waals surface area contributed by atoms with Crippen molar-refractivity contribution in [1.82, 2.24) is 4.98 Å². The van der Waals surface area contributed by atoms with Crippen LogP contribution in [0.5, 0.6) is 0 Å². The van der Waals surface area contributed by atoms with Crippen LogP contribution in [0.4, 0.5) is 0 Å². The summed E-state index contributed by atoms with van der Waals surface area (Å²) >= 11 is 0. The van der Waals surface area contributed by atoms with Crippen molar-refractivity contribution in [3.05, 3.63) is 89.1 Å². The minimum absolute atomic E-state index is 0.685. The second-order valence-electron chi connectivity index (χ2n) is 9.06. The SMILES string of the molecule is C/N=C/C=C(\C=C(/C)c1c(C)ccc2c1oc1ncccc12)c1cccc(C2CCCC2)c1. The standard InChI is InChI=1S/C30H30N2O/c1-20-13-14-26-27-12-7-16-32-30(27)33-29(26)28(20)21(2)18-25(15-17-31-3)24-11-6-10-23(19-24)22-8-4-5-9-22/h6-7,10-19,22H,4-5,8-9H2,1-3H3/b21-18+,25-15+,31-17+. The fourth-order valence-corrected chi connectivity index (χ4v) is 5.18. The van der Waals surface area contributed by atoms with Crippen LogP contribution in [-0.4, -0.2) is 18.2 Å². The zero-order valence-electron chi connectivity index (χ0n) is 19.6. The molecule has 33 heavy (non-hydrogen) atoms. The Morgan fingerprint density at radius 2 is 1.91 bits per heavy atom. The molecule has 0 atom stereocenters. The predicted octanol–water partition coefficient (Wildman–Crippen LogP) is 8.13. The van der Waals surface area contributed by atoms with E-state index in [1.807, 2.05) is 19.3 Å². The van der Waals surface area contributed by atoms with Crippen LogP contribution in [0.3, 0.4) is 0 Å². The third kappa shape index (κ3) is 4.16. The summed E-state index contributed by atoms with van der Waals surface area (Å²) < 4.78 is 6.24. The number of hydrogen-bond acceptors (Lipinski definition) is 3. The molecule has 0 spiro atoms. The monoisotopic (exact) mass is 434 g/mol. The first-order chi connectivity index (χ1) is 16.2. The molecule has 1 aliphatic rings. The maximum Gasteiger partial charge on any atom is 0.227 e. The second-order valence-corrected chi connectivity index (χ2v) is 9.06. The number of pyridine rings is 1. The highest BCUT2D eigenvalue weighted by atomic mass is 16.3. The van der Waals surface area contributed by atoms with Crippen molar-refractivity contribution in [3.63, 3.8) is 0 Å². The quantitative estimate of drug-likeness (QED) is 0.235. The van der Waals surface area contributed by atoms with Crippen molar-refractivity contribution in [2.45, 2.75) is 45.4 Å². The lowest BCUT2D eigenvalue weighted by Gasteiger charge is -2.13. The van der Waals surface area contributed by atoms with Gasteiger partial charge >= 0.3 is 0 Å². The number of aliphatic imine (C=N–C) groups is 1. The molecule has 0 N–H and O–H groups in total. The third-order valence-corrected chi connectivity index (χ3v) is 6.84. The van der Waals surface area contributed by atoms with E-state index >= 15 is 0 Å². The van der Waals surface area contributed by atoms with Gasteiger partial charge in [-0.1, -0.05) is 55.3 Å². The van der Waals surface area contributed by atoms with E-state index in [1.54, 1.807) is 6.20 Å². The molecule has 0 amide bonds. The molecule has 2 heterocycles. The molecule has 3 nitrogen and oxygen atoms in total. The average Bonchev–Trinajstić information content (AvgIpc) is 3.50. The van der Waals surface area contributed by atoms with Crippen molar-refractivity contribution in [3.8, 4) is 0 Å². The number of aromatic nitrogens is 1. The van der Waals surface area contributed by atoms with E-state index in [1.165, 1.54) is 47.9 Å². The Kier molecular flexibility index (Phi) is 5.95. The van der Waals surface area contributed by atoms with E-state index in [0.29, 0.717) is 11.6 Å². The topological polar surface area (TPSA) is 38.4 Å². The molecule has 5 rings (SSSR count). The summed E-state index contributed by atoms with van der Waals surface area (Å²) in [5, 5.41) is 2.16. The van der Waals surface area contributed by atoms with Crippen molar-refractivity contribution in [2.75, 3.05) is 7.05 Å². The number of rotatable bonds is 5. The number of furan rings is 1. The molecule has 2 aromatic heterocycles.